The summed E-state index contributed by atoms with van der Waals surface area (Å²) in [5, 5.41) is 15.8. The largest absolute Gasteiger partial charge is 0.450 e. The van der Waals surface area contributed by atoms with E-state index < -0.39 is 17.7 Å². The van der Waals surface area contributed by atoms with Gasteiger partial charge >= 0.3 is 12.1 Å². The number of amides is 4. The highest BCUT2D eigenvalue weighted by molar-refractivity contribution is 5.88. The maximum Gasteiger partial charge on any atom is 0.409 e. The zero-order valence-corrected chi connectivity index (χ0v) is 19.6. The van der Waals surface area contributed by atoms with E-state index in [-0.39, 0.29) is 11.9 Å². The summed E-state index contributed by atoms with van der Waals surface area (Å²) in [5.41, 5.74) is -1.06. The number of ether oxygens (including phenoxy) is 2. The molecule has 0 aromatic heterocycles. The Bertz CT molecular complexity index is 719. The predicted molar refractivity (Wildman–Crippen MR) is 120 cm³/mol. The molecule has 3 aliphatic rings. The Balaban J connectivity index is 1.64. The van der Waals surface area contributed by atoms with Crippen LogP contribution in [0.4, 0.5) is 9.59 Å². The van der Waals surface area contributed by atoms with Gasteiger partial charge in [0.2, 0.25) is 5.91 Å². The third-order valence-corrected chi connectivity index (χ3v) is 6.93. The van der Waals surface area contributed by atoms with Gasteiger partial charge in [-0.3, -0.25) is 4.79 Å². The molecule has 3 rings (SSSR count). The summed E-state index contributed by atoms with van der Waals surface area (Å²) in [6, 6.07) is 1.30. The van der Waals surface area contributed by atoms with Crippen molar-refractivity contribution in [2.45, 2.75) is 69.9 Å². The minimum absolute atomic E-state index is 0.266. The van der Waals surface area contributed by atoms with Crippen molar-refractivity contribution in [1.29, 1.82) is 5.26 Å². The van der Waals surface area contributed by atoms with E-state index >= 15 is 0 Å². The molecule has 1 saturated carbocycles. The van der Waals surface area contributed by atoms with Crippen molar-refractivity contribution in [3.8, 4) is 6.07 Å². The van der Waals surface area contributed by atoms with E-state index in [0.29, 0.717) is 71.2 Å². The first-order chi connectivity index (χ1) is 16.0. The SMILES string of the molecule is CCOC(=O)N1CCC(C#N)(NC(=O)C(CC2CCCCC2)NC(=O)N2CCOCC2)CC1. The Morgan fingerprint density at radius 1 is 1.09 bits per heavy atom. The van der Waals surface area contributed by atoms with E-state index in [1.165, 1.54) is 6.42 Å². The van der Waals surface area contributed by atoms with Crippen LogP contribution in [0.3, 0.4) is 0 Å². The lowest BCUT2D eigenvalue weighted by Crippen LogP contribution is -2.60. The fourth-order valence-corrected chi connectivity index (χ4v) is 4.87. The maximum atomic E-state index is 13.4. The van der Waals surface area contributed by atoms with Crippen molar-refractivity contribution >= 4 is 18.0 Å². The summed E-state index contributed by atoms with van der Waals surface area (Å²) in [6.07, 6.45) is 6.40. The lowest BCUT2D eigenvalue weighted by atomic mass is 9.84. The molecule has 1 unspecified atom stereocenters. The van der Waals surface area contributed by atoms with Crippen molar-refractivity contribution in [3.63, 3.8) is 0 Å². The standard InChI is InChI=1S/C23H37N5O5/c1-2-33-22(31)28-10-8-23(17-24,9-11-28)26-20(29)19(16-18-6-4-3-5-7-18)25-21(30)27-12-14-32-15-13-27/h18-19H,2-16H2,1H3,(H,25,30)(H,26,29). The van der Waals surface area contributed by atoms with E-state index in [9.17, 15) is 19.6 Å². The Kier molecular flexibility index (Phi) is 9.18. The van der Waals surface area contributed by atoms with Crippen LogP contribution in [0.1, 0.15) is 58.3 Å². The lowest BCUT2D eigenvalue weighted by molar-refractivity contribution is -0.125. The zero-order valence-electron chi connectivity index (χ0n) is 19.6. The minimum Gasteiger partial charge on any atom is -0.450 e. The van der Waals surface area contributed by atoms with Gasteiger partial charge in [0, 0.05) is 39.0 Å². The van der Waals surface area contributed by atoms with E-state index in [4.69, 9.17) is 9.47 Å². The zero-order chi connectivity index (χ0) is 23.7. The highest BCUT2D eigenvalue weighted by atomic mass is 16.6. The molecule has 2 aliphatic heterocycles. The quantitative estimate of drug-likeness (QED) is 0.621. The molecule has 1 atom stereocenters. The van der Waals surface area contributed by atoms with Crippen LogP contribution in [0.15, 0.2) is 0 Å². The summed E-state index contributed by atoms with van der Waals surface area (Å²) >= 11 is 0. The number of rotatable bonds is 6. The van der Waals surface area contributed by atoms with Gasteiger partial charge in [0.15, 0.2) is 0 Å². The van der Waals surface area contributed by atoms with Gasteiger partial charge in [-0.05, 0) is 19.3 Å². The van der Waals surface area contributed by atoms with Crippen molar-refractivity contribution < 1.29 is 23.9 Å². The third-order valence-electron chi connectivity index (χ3n) is 6.93. The second kappa shape index (κ2) is 12.1. The molecule has 10 heteroatoms. The Morgan fingerprint density at radius 3 is 2.36 bits per heavy atom. The van der Waals surface area contributed by atoms with Crippen molar-refractivity contribution in [3.05, 3.63) is 0 Å². The Hall–Kier alpha value is -2.54. The van der Waals surface area contributed by atoms with Gasteiger partial charge in [0.1, 0.15) is 11.6 Å². The van der Waals surface area contributed by atoms with Gasteiger partial charge in [-0.15, -0.1) is 0 Å². The number of hydrogen-bond donors (Lipinski definition) is 2. The molecule has 33 heavy (non-hydrogen) atoms. The average molecular weight is 464 g/mol. The topological polar surface area (TPSA) is 124 Å². The average Bonchev–Trinajstić information content (AvgIpc) is 2.85. The number of morpholine rings is 1. The predicted octanol–water partition coefficient (Wildman–Crippen LogP) is 2.00. The van der Waals surface area contributed by atoms with Gasteiger partial charge in [0.05, 0.1) is 25.9 Å². The second-order valence-corrected chi connectivity index (χ2v) is 9.21. The molecular formula is C23H37N5O5. The molecular weight excluding hydrogens is 426 g/mol. The molecule has 1 aliphatic carbocycles. The number of nitrogens with one attached hydrogen (secondary N) is 2. The molecule has 2 saturated heterocycles. The van der Waals surface area contributed by atoms with Crippen LogP contribution in [-0.4, -0.2) is 85.4 Å². The molecule has 0 spiro atoms. The van der Waals surface area contributed by atoms with Crippen molar-refractivity contribution in [2.75, 3.05) is 46.0 Å². The summed E-state index contributed by atoms with van der Waals surface area (Å²) in [6.45, 7) is 4.67. The second-order valence-electron chi connectivity index (χ2n) is 9.21. The Morgan fingerprint density at radius 2 is 1.76 bits per heavy atom. The van der Waals surface area contributed by atoms with Crippen molar-refractivity contribution in [1.82, 2.24) is 20.4 Å². The first-order valence-corrected chi connectivity index (χ1v) is 12.2. The first-order valence-electron chi connectivity index (χ1n) is 12.2. The van der Waals surface area contributed by atoms with Gasteiger partial charge < -0.3 is 29.9 Å². The molecule has 0 aromatic carbocycles. The minimum atomic E-state index is -1.06. The molecule has 2 N–H and O–H groups in total. The molecule has 2 heterocycles. The monoisotopic (exact) mass is 463 g/mol. The Labute approximate surface area is 195 Å². The number of urea groups is 1. The lowest BCUT2D eigenvalue weighted by Gasteiger charge is -2.38. The van der Waals surface area contributed by atoms with Gasteiger partial charge in [0.25, 0.3) is 0 Å². The molecule has 0 radical (unpaired) electrons. The number of nitrogens with zero attached hydrogens (tertiary/aromatic N) is 3. The van der Waals surface area contributed by atoms with E-state index in [2.05, 4.69) is 16.7 Å². The van der Waals surface area contributed by atoms with Crippen LogP contribution in [0, 0.1) is 17.2 Å². The number of hydrogen-bond acceptors (Lipinski definition) is 6. The smallest absolute Gasteiger partial charge is 0.409 e. The number of piperidine rings is 1. The fourth-order valence-electron chi connectivity index (χ4n) is 4.87. The highest BCUT2D eigenvalue weighted by Gasteiger charge is 2.40. The fraction of sp³-hybridized carbons (Fsp3) is 0.826. The number of nitriles is 1. The summed E-state index contributed by atoms with van der Waals surface area (Å²) in [7, 11) is 0. The highest BCUT2D eigenvalue weighted by Crippen LogP contribution is 2.28. The number of likely N-dealkylation sites (tertiary alicyclic amines) is 1. The first kappa shape index (κ1) is 25.1. The molecule has 0 aromatic rings. The van der Waals surface area contributed by atoms with Gasteiger partial charge in [-0.25, -0.2) is 9.59 Å². The number of carbonyl (C=O) groups is 3. The molecule has 0 bridgehead atoms. The van der Waals surface area contributed by atoms with Crippen LogP contribution < -0.4 is 10.6 Å². The van der Waals surface area contributed by atoms with Crippen LogP contribution in [0.2, 0.25) is 0 Å². The molecule has 10 nitrogen and oxygen atoms in total. The molecule has 4 amide bonds. The van der Waals surface area contributed by atoms with E-state index in [1.54, 1.807) is 16.7 Å². The van der Waals surface area contributed by atoms with E-state index in [1.807, 2.05) is 0 Å². The van der Waals surface area contributed by atoms with Crippen LogP contribution in [-0.2, 0) is 14.3 Å². The van der Waals surface area contributed by atoms with Crippen LogP contribution >= 0.6 is 0 Å². The maximum absolute atomic E-state index is 13.4. The van der Waals surface area contributed by atoms with E-state index in [0.717, 1.165) is 25.7 Å². The molecule has 184 valence electrons. The van der Waals surface area contributed by atoms with Crippen LogP contribution in [0.25, 0.3) is 0 Å². The van der Waals surface area contributed by atoms with Gasteiger partial charge in [-0.2, -0.15) is 5.26 Å². The number of carbonyl (C=O) groups excluding carboxylic acids is 3. The van der Waals surface area contributed by atoms with Gasteiger partial charge in [-0.1, -0.05) is 32.1 Å². The van der Waals surface area contributed by atoms with Crippen LogP contribution in [0.5, 0.6) is 0 Å². The summed E-state index contributed by atoms with van der Waals surface area (Å²) < 4.78 is 10.4. The summed E-state index contributed by atoms with van der Waals surface area (Å²) in [5.74, 6) is 0.0523. The molecule has 3 fully saturated rings. The third kappa shape index (κ3) is 6.97. The van der Waals surface area contributed by atoms with Crippen molar-refractivity contribution in [2.24, 2.45) is 5.92 Å². The normalized spacial score (nSPS) is 22.1. The summed E-state index contributed by atoms with van der Waals surface area (Å²) in [4.78, 5) is 41.4.